The fourth-order valence-electron chi connectivity index (χ4n) is 8.50. The average Bonchev–Trinajstić information content (AvgIpc) is 3.95. The van der Waals surface area contributed by atoms with E-state index in [9.17, 15) is 4.79 Å². The lowest BCUT2D eigenvalue weighted by Gasteiger charge is -2.30. The lowest BCUT2D eigenvalue weighted by molar-refractivity contribution is 0.0231. The van der Waals surface area contributed by atoms with E-state index < -0.39 is 5.82 Å². The number of fused-ring (bicyclic) bond motifs is 3. The third-order valence-corrected chi connectivity index (χ3v) is 11.8. The summed E-state index contributed by atoms with van der Waals surface area (Å²) in [6, 6.07) is 8.47. The second kappa shape index (κ2) is 16.3. The highest BCUT2D eigenvalue weighted by molar-refractivity contribution is 6.02. The summed E-state index contributed by atoms with van der Waals surface area (Å²) < 4.78 is 57.7. The van der Waals surface area contributed by atoms with Gasteiger partial charge in [-0.1, -0.05) is 13.0 Å². The molecule has 5 aromatic rings. The van der Waals surface area contributed by atoms with E-state index in [2.05, 4.69) is 15.1 Å². The Hall–Kier alpha value is -5.03. The number of halogens is 2. The van der Waals surface area contributed by atoms with Crippen LogP contribution in [0.3, 0.4) is 0 Å². The fraction of sp³-hybridized carbons (Fsp3) is 0.500. The van der Waals surface area contributed by atoms with Gasteiger partial charge in [-0.05, 0) is 66.3 Å². The van der Waals surface area contributed by atoms with E-state index in [4.69, 9.17) is 39.0 Å². The van der Waals surface area contributed by atoms with E-state index >= 15 is 8.78 Å². The molecule has 1 saturated carbocycles. The molecule has 0 spiro atoms. The molecule has 306 valence electrons. The fourth-order valence-corrected chi connectivity index (χ4v) is 8.50. The van der Waals surface area contributed by atoms with Crippen LogP contribution in [0.25, 0.3) is 32.9 Å². The molecule has 9 rings (SSSR count). The average molecular weight is 798 g/mol. The number of hydrogen-bond donors (Lipinski definition) is 1. The summed E-state index contributed by atoms with van der Waals surface area (Å²) in [7, 11) is 1.52. The highest BCUT2D eigenvalue weighted by atomic mass is 19.1. The first-order valence-electron chi connectivity index (χ1n) is 20.3. The molecule has 0 atom stereocenters. The number of hydrogen-bond acceptors (Lipinski definition) is 12. The minimum absolute atomic E-state index is 0.00672. The van der Waals surface area contributed by atoms with Crippen molar-refractivity contribution < 1.29 is 32.5 Å². The smallest absolute Gasteiger partial charge is 0.319 e. The SMILES string of the molecule is CCc1c(F)ccc2cc(OCOC)cc(-c3ncc4c(N5CCCn6nc(C(=O)N7CCNCC7)cc6C5)nc(OCC5(CN6CCOCC6)CC5)nc4c3F)c12. The molecule has 1 amide bonds. The van der Waals surface area contributed by atoms with Gasteiger partial charge in [0, 0.05) is 83.2 Å². The molecule has 3 fully saturated rings. The second-order valence-corrected chi connectivity index (χ2v) is 15.8. The van der Waals surface area contributed by atoms with E-state index in [1.807, 2.05) is 22.6 Å². The maximum absolute atomic E-state index is 17.4. The van der Waals surface area contributed by atoms with Crippen molar-refractivity contribution in [3.05, 3.63) is 65.1 Å². The van der Waals surface area contributed by atoms with Crippen LogP contribution in [0, 0.1) is 17.0 Å². The minimum atomic E-state index is -0.680. The Morgan fingerprint density at radius 3 is 2.60 bits per heavy atom. The van der Waals surface area contributed by atoms with Gasteiger partial charge in [0.1, 0.15) is 28.6 Å². The number of rotatable bonds is 12. The molecule has 1 aliphatic carbocycles. The number of amides is 1. The Morgan fingerprint density at radius 2 is 1.83 bits per heavy atom. The summed E-state index contributed by atoms with van der Waals surface area (Å²) in [6.07, 6.45) is 4.72. The largest absolute Gasteiger partial charge is 0.468 e. The number of methoxy groups -OCH3 is 1. The summed E-state index contributed by atoms with van der Waals surface area (Å²) in [5.41, 5.74) is 2.10. The summed E-state index contributed by atoms with van der Waals surface area (Å²) >= 11 is 0. The highest BCUT2D eigenvalue weighted by Gasteiger charge is 2.45. The second-order valence-electron chi connectivity index (χ2n) is 15.8. The first kappa shape index (κ1) is 38.5. The molecular weight excluding hydrogens is 749 g/mol. The number of aromatic nitrogens is 5. The quantitative estimate of drug-likeness (QED) is 0.174. The number of piperazine rings is 1. The third-order valence-electron chi connectivity index (χ3n) is 11.8. The molecular formula is C42H49F2N9O5. The van der Waals surface area contributed by atoms with Crippen LogP contribution in [-0.2, 0) is 29.0 Å². The molecule has 3 aromatic heterocycles. The van der Waals surface area contributed by atoms with E-state index in [-0.39, 0.29) is 41.2 Å². The molecule has 2 aromatic carbocycles. The molecule has 1 N–H and O–H groups in total. The molecule has 3 aliphatic heterocycles. The number of carbonyl (C=O) groups excluding carboxylic acids is 1. The van der Waals surface area contributed by atoms with Crippen molar-refractivity contribution >= 4 is 33.4 Å². The zero-order valence-corrected chi connectivity index (χ0v) is 33.1. The van der Waals surface area contributed by atoms with E-state index in [1.165, 1.54) is 13.2 Å². The summed E-state index contributed by atoms with van der Waals surface area (Å²) in [4.78, 5) is 34.2. The number of anilines is 1. The zero-order valence-electron chi connectivity index (χ0n) is 33.1. The molecule has 14 nitrogen and oxygen atoms in total. The normalized spacial score (nSPS) is 18.3. The van der Waals surface area contributed by atoms with E-state index in [0.29, 0.717) is 110 Å². The van der Waals surface area contributed by atoms with Gasteiger partial charge in [-0.2, -0.15) is 15.1 Å². The van der Waals surface area contributed by atoms with Crippen molar-refractivity contribution in [2.75, 3.05) is 91.0 Å². The summed E-state index contributed by atoms with van der Waals surface area (Å²) in [5.74, 6) is -0.244. The van der Waals surface area contributed by atoms with Crippen molar-refractivity contribution in [1.29, 1.82) is 0 Å². The maximum Gasteiger partial charge on any atom is 0.319 e. The maximum atomic E-state index is 17.4. The first-order chi connectivity index (χ1) is 28.3. The van der Waals surface area contributed by atoms with Gasteiger partial charge in [0.2, 0.25) is 0 Å². The molecule has 0 bridgehead atoms. The molecule has 0 radical (unpaired) electrons. The number of carbonyl (C=O) groups is 1. The lowest BCUT2D eigenvalue weighted by Crippen LogP contribution is -2.46. The van der Waals surface area contributed by atoms with Gasteiger partial charge in [-0.15, -0.1) is 0 Å². The van der Waals surface area contributed by atoms with Crippen LogP contribution in [0.1, 0.15) is 47.9 Å². The monoisotopic (exact) mass is 797 g/mol. The first-order valence-corrected chi connectivity index (χ1v) is 20.3. The Morgan fingerprint density at radius 1 is 1.00 bits per heavy atom. The predicted molar refractivity (Wildman–Crippen MR) is 213 cm³/mol. The highest BCUT2D eigenvalue weighted by Crippen LogP contribution is 2.47. The van der Waals surface area contributed by atoms with Crippen molar-refractivity contribution in [2.24, 2.45) is 5.41 Å². The molecule has 2 saturated heterocycles. The van der Waals surface area contributed by atoms with E-state index in [1.54, 1.807) is 24.4 Å². The standard InChI is InChI=1S/C42H49F2N9O5/c1-3-30-33(43)6-5-27-19-29(58-26-55-2)21-31(35(27)30)37-36(44)38-32(22-46-37)39(48-41(47-38)57-25-42(7-8-42)24-50-15-17-56-18-16-50)52-11-4-12-53-28(23-52)20-34(49-53)40(54)51-13-9-45-10-14-51/h5-6,19-22,45H,3-4,7-18,23-26H2,1-2H3. The van der Waals surface area contributed by atoms with Gasteiger partial charge >= 0.3 is 6.01 Å². The van der Waals surface area contributed by atoms with Gasteiger partial charge < -0.3 is 34.1 Å². The van der Waals surface area contributed by atoms with Gasteiger partial charge in [-0.3, -0.25) is 19.4 Å². The topological polar surface area (TPSA) is 132 Å². The minimum Gasteiger partial charge on any atom is -0.468 e. The number of pyridine rings is 1. The Balaban J connectivity index is 1.12. The van der Waals surface area contributed by atoms with Gasteiger partial charge in [0.25, 0.3) is 5.91 Å². The molecule has 4 aliphatic rings. The zero-order chi connectivity index (χ0) is 39.8. The summed E-state index contributed by atoms with van der Waals surface area (Å²) in [6.45, 7) is 10.6. The predicted octanol–water partition coefficient (Wildman–Crippen LogP) is 4.81. The van der Waals surface area contributed by atoms with Crippen LogP contribution in [0.15, 0.2) is 36.5 Å². The number of aryl methyl sites for hydroxylation is 2. The van der Waals surface area contributed by atoms with Crippen molar-refractivity contribution in [3.63, 3.8) is 0 Å². The lowest BCUT2D eigenvalue weighted by atomic mass is 9.94. The van der Waals surface area contributed by atoms with Crippen LogP contribution >= 0.6 is 0 Å². The van der Waals surface area contributed by atoms with Crippen molar-refractivity contribution in [1.82, 2.24) is 39.8 Å². The van der Waals surface area contributed by atoms with E-state index in [0.717, 1.165) is 51.3 Å². The molecule has 0 unspecified atom stereocenters. The molecule has 58 heavy (non-hydrogen) atoms. The Bertz CT molecular complexity index is 2320. The van der Waals surface area contributed by atoms with Crippen molar-refractivity contribution in [3.8, 4) is 23.0 Å². The van der Waals surface area contributed by atoms with Crippen LogP contribution in [0.4, 0.5) is 14.6 Å². The Labute approximate surface area is 335 Å². The summed E-state index contributed by atoms with van der Waals surface area (Å²) in [5, 5.41) is 9.66. The number of benzene rings is 2. The number of nitrogens with one attached hydrogen (secondary N) is 1. The molecule has 16 heteroatoms. The number of nitrogens with zero attached hydrogens (tertiary/aromatic N) is 8. The van der Waals surface area contributed by atoms with Crippen LogP contribution in [0.2, 0.25) is 0 Å². The molecule has 6 heterocycles. The van der Waals surface area contributed by atoms with Crippen LogP contribution in [0.5, 0.6) is 11.8 Å². The third kappa shape index (κ3) is 7.65. The van der Waals surface area contributed by atoms with Gasteiger partial charge in [0.05, 0.1) is 37.4 Å². The van der Waals surface area contributed by atoms with Gasteiger partial charge in [-0.25, -0.2) is 8.78 Å². The van der Waals surface area contributed by atoms with Gasteiger partial charge in [0.15, 0.2) is 18.3 Å². The van der Waals surface area contributed by atoms with Crippen LogP contribution < -0.4 is 19.7 Å². The van der Waals surface area contributed by atoms with Crippen molar-refractivity contribution in [2.45, 2.75) is 45.7 Å². The van der Waals surface area contributed by atoms with Crippen LogP contribution in [-0.4, -0.2) is 127 Å². The number of morpholine rings is 1. The number of ether oxygens (including phenoxy) is 4. The Kier molecular flexibility index (Phi) is 10.8.